The molecule has 1 atom stereocenters. The minimum Gasteiger partial charge on any atom is -0.315 e. The summed E-state index contributed by atoms with van der Waals surface area (Å²) in [5.74, 6) is 0.768. The molecule has 0 bridgehead atoms. The summed E-state index contributed by atoms with van der Waals surface area (Å²) in [4.78, 5) is 14.6. The van der Waals surface area contributed by atoms with Crippen LogP contribution in [-0.4, -0.2) is 10.7 Å². The zero-order valence-corrected chi connectivity index (χ0v) is 11.7. The van der Waals surface area contributed by atoms with E-state index in [9.17, 15) is 9.18 Å². The molecule has 1 unspecified atom stereocenters. The van der Waals surface area contributed by atoms with Gasteiger partial charge in [0.25, 0.3) is 0 Å². The van der Waals surface area contributed by atoms with E-state index in [-0.39, 0.29) is 16.7 Å². The van der Waals surface area contributed by atoms with Crippen LogP contribution in [-0.2, 0) is 6.54 Å². The van der Waals surface area contributed by atoms with E-state index < -0.39 is 0 Å². The van der Waals surface area contributed by atoms with Gasteiger partial charge in [-0.3, -0.25) is 4.79 Å². The number of benzene rings is 1. The van der Waals surface area contributed by atoms with Crippen LogP contribution in [0.1, 0.15) is 23.7 Å². The highest BCUT2D eigenvalue weighted by Gasteiger charge is 2.22. The molecule has 19 heavy (non-hydrogen) atoms. The second-order valence-corrected chi connectivity index (χ2v) is 6.35. The lowest BCUT2D eigenvalue weighted by Gasteiger charge is -2.26. The Morgan fingerprint density at radius 3 is 3.16 bits per heavy atom. The summed E-state index contributed by atoms with van der Waals surface area (Å²) in [5.41, 5.74) is 1.90. The summed E-state index contributed by atoms with van der Waals surface area (Å²) in [7, 11) is 0. The largest absolute Gasteiger partial charge is 0.315 e. The summed E-state index contributed by atoms with van der Waals surface area (Å²) >= 11 is 2.74. The molecule has 2 aromatic rings. The number of halogens is 1. The van der Waals surface area contributed by atoms with Crippen molar-refractivity contribution in [2.24, 2.45) is 0 Å². The van der Waals surface area contributed by atoms with Crippen LogP contribution in [0.25, 0.3) is 0 Å². The lowest BCUT2D eigenvalue weighted by Crippen LogP contribution is -2.25. The molecule has 100 valence electrons. The van der Waals surface area contributed by atoms with Crippen molar-refractivity contribution in [3.63, 3.8) is 0 Å². The predicted molar refractivity (Wildman–Crippen MR) is 76.3 cm³/mol. The lowest BCUT2D eigenvalue weighted by molar-refractivity contribution is 0.493. The van der Waals surface area contributed by atoms with Crippen molar-refractivity contribution in [1.29, 1.82) is 0 Å². The highest BCUT2D eigenvalue weighted by molar-refractivity contribution is 7.99. The van der Waals surface area contributed by atoms with Crippen LogP contribution in [0.5, 0.6) is 0 Å². The number of H-pyrrole nitrogens is 1. The van der Waals surface area contributed by atoms with E-state index in [0.29, 0.717) is 6.54 Å². The third-order valence-electron chi connectivity index (χ3n) is 3.14. The zero-order valence-electron chi connectivity index (χ0n) is 10.1. The fourth-order valence-electron chi connectivity index (χ4n) is 2.23. The van der Waals surface area contributed by atoms with E-state index in [1.54, 1.807) is 17.8 Å². The third kappa shape index (κ3) is 2.75. The van der Waals surface area contributed by atoms with Crippen LogP contribution in [0.4, 0.5) is 4.39 Å². The van der Waals surface area contributed by atoms with Gasteiger partial charge in [-0.05, 0) is 23.8 Å². The molecule has 0 fully saturated rings. The number of thioether (sulfide) groups is 1. The molecular weight excluding hydrogens is 283 g/mol. The molecule has 0 saturated carbocycles. The van der Waals surface area contributed by atoms with E-state index >= 15 is 0 Å². The molecule has 6 heteroatoms. The van der Waals surface area contributed by atoms with Gasteiger partial charge in [0.1, 0.15) is 5.82 Å². The maximum atomic E-state index is 13.7. The number of aromatic nitrogens is 1. The minimum absolute atomic E-state index is 0.0394. The topological polar surface area (TPSA) is 44.9 Å². The highest BCUT2D eigenvalue weighted by atomic mass is 32.2. The fourth-order valence-corrected chi connectivity index (χ4v) is 3.95. The molecule has 0 amide bonds. The quantitative estimate of drug-likeness (QED) is 0.915. The summed E-state index contributed by atoms with van der Waals surface area (Å²) in [5, 5.41) is 5.21. The Kier molecular flexibility index (Phi) is 3.72. The number of hydrogen-bond acceptors (Lipinski definition) is 4. The monoisotopic (exact) mass is 296 g/mol. The van der Waals surface area contributed by atoms with E-state index in [4.69, 9.17) is 0 Å². The van der Waals surface area contributed by atoms with Crippen molar-refractivity contribution < 1.29 is 4.39 Å². The molecule has 0 saturated heterocycles. The van der Waals surface area contributed by atoms with Crippen LogP contribution < -0.4 is 10.2 Å². The Hall–Kier alpha value is -1.11. The van der Waals surface area contributed by atoms with Gasteiger partial charge >= 0.3 is 4.87 Å². The maximum absolute atomic E-state index is 13.7. The number of rotatable bonds is 3. The minimum atomic E-state index is -0.141. The van der Waals surface area contributed by atoms with Gasteiger partial charge in [0.2, 0.25) is 0 Å². The molecule has 0 radical (unpaired) electrons. The number of hydrogen-bond donors (Lipinski definition) is 2. The van der Waals surface area contributed by atoms with Gasteiger partial charge < -0.3 is 10.3 Å². The smallest absolute Gasteiger partial charge is 0.304 e. The Balaban J connectivity index is 1.77. The molecule has 0 spiro atoms. The van der Waals surface area contributed by atoms with Crippen molar-refractivity contribution >= 4 is 23.1 Å². The van der Waals surface area contributed by atoms with E-state index in [2.05, 4.69) is 10.3 Å². The first-order valence-electron chi connectivity index (χ1n) is 6.05. The molecule has 2 N–H and O–H groups in total. The standard InChI is InChI=1S/C13H13FN2OS2/c14-10-3-1-2-9-11(4-5-18-12(9)10)15-6-8-7-19-13(17)16-8/h1-3,7,11,15H,4-6H2,(H,16,17). The Bertz CT molecular complexity index is 638. The maximum Gasteiger partial charge on any atom is 0.304 e. The molecule has 2 heterocycles. The summed E-state index contributed by atoms with van der Waals surface area (Å²) < 4.78 is 13.7. The Labute approximate surface area is 118 Å². The first kappa shape index (κ1) is 12.9. The van der Waals surface area contributed by atoms with Gasteiger partial charge in [-0.25, -0.2) is 4.39 Å². The molecule has 1 aliphatic heterocycles. The van der Waals surface area contributed by atoms with Crippen molar-refractivity contribution in [2.75, 3.05) is 5.75 Å². The van der Waals surface area contributed by atoms with E-state index in [1.165, 1.54) is 6.07 Å². The fraction of sp³-hybridized carbons (Fsp3) is 0.308. The summed E-state index contributed by atoms with van der Waals surface area (Å²) in [6, 6.07) is 5.38. The van der Waals surface area contributed by atoms with Gasteiger partial charge in [0, 0.05) is 28.6 Å². The Morgan fingerprint density at radius 2 is 2.37 bits per heavy atom. The molecule has 3 rings (SSSR count). The number of fused-ring (bicyclic) bond motifs is 1. The van der Waals surface area contributed by atoms with Crippen molar-refractivity contribution in [3.05, 3.63) is 50.3 Å². The number of aromatic amines is 1. The van der Waals surface area contributed by atoms with Gasteiger partial charge in [-0.2, -0.15) is 0 Å². The molecule has 3 nitrogen and oxygen atoms in total. The lowest BCUT2D eigenvalue weighted by atomic mass is 10.0. The molecule has 1 aromatic carbocycles. The summed E-state index contributed by atoms with van der Waals surface area (Å²) in [6.07, 6.45) is 0.968. The van der Waals surface area contributed by atoms with Gasteiger partial charge in [-0.15, -0.1) is 11.8 Å². The predicted octanol–water partition coefficient (Wildman–Crippen LogP) is 2.90. The number of nitrogens with one attached hydrogen (secondary N) is 2. The average molecular weight is 296 g/mol. The molecule has 1 aromatic heterocycles. The first-order chi connectivity index (χ1) is 9.24. The van der Waals surface area contributed by atoms with Crippen molar-refractivity contribution in [2.45, 2.75) is 23.9 Å². The van der Waals surface area contributed by atoms with Crippen LogP contribution in [0.2, 0.25) is 0 Å². The molecule has 1 aliphatic rings. The van der Waals surface area contributed by atoms with E-state index in [0.717, 1.165) is 39.7 Å². The van der Waals surface area contributed by atoms with Crippen LogP contribution in [0, 0.1) is 5.82 Å². The normalized spacial score (nSPS) is 18.3. The van der Waals surface area contributed by atoms with Gasteiger partial charge in [0.05, 0.1) is 0 Å². The second kappa shape index (κ2) is 5.48. The molecule has 0 aliphatic carbocycles. The van der Waals surface area contributed by atoms with Crippen molar-refractivity contribution in [3.8, 4) is 0 Å². The first-order valence-corrected chi connectivity index (χ1v) is 7.92. The number of thiazole rings is 1. The van der Waals surface area contributed by atoms with Gasteiger partial charge in [-0.1, -0.05) is 23.5 Å². The van der Waals surface area contributed by atoms with Crippen LogP contribution >= 0.6 is 23.1 Å². The van der Waals surface area contributed by atoms with Crippen LogP contribution in [0.15, 0.2) is 33.3 Å². The average Bonchev–Trinajstić information content (AvgIpc) is 2.83. The Morgan fingerprint density at radius 1 is 1.47 bits per heavy atom. The van der Waals surface area contributed by atoms with Gasteiger partial charge in [0.15, 0.2) is 0 Å². The zero-order chi connectivity index (χ0) is 13.2. The third-order valence-corrected chi connectivity index (χ3v) is 5.01. The van der Waals surface area contributed by atoms with E-state index in [1.807, 2.05) is 11.4 Å². The SMILES string of the molecule is O=c1[nH]c(CNC2CCSc3c(F)cccc32)cs1. The molecular formula is C13H13FN2OS2. The highest BCUT2D eigenvalue weighted by Crippen LogP contribution is 2.37. The second-order valence-electron chi connectivity index (χ2n) is 4.40. The van der Waals surface area contributed by atoms with Crippen molar-refractivity contribution in [1.82, 2.24) is 10.3 Å². The van der Waals surface area contributed by atoms with Crippen LogP contribution in [0.3, 0.4) is 0 Å². The summed E-state index contributed by atoms with van der Waals surface area (Å²) in [6.45, 7) is 0.601.